The van der Waals surface area contributed by atoms with Gasteiger partial charge >= 0.3 is 0 Å². The quantitative estimate of drug-likeness (QED) is 0.769. The van der Waals surface area contributed by atoms with Gasteiger partial charge in [-0.1, -0.05) is 34.1 Å². The van der Waals surface area contributed by atoms with E-state index >= 15 is 0 Å². The van der Waals surface area contributed by atoms with Crippen molar-refractivity contribution < 1.29 is 4.21 Å². The number of nitrogens with zero attached hydrogens (tertiary/aromatic N) is 1. The fraction of sp³-hybridized carbons (Fsp3) is 1.00. The molecule has 0 radical (unpaired) electrons. The van der Waals surface area contributed by atoms with Crippen molar-refractivity contribution in [2.75, 3.05) is 37.7 Å². The van der Waals surface area contributed by atoms with Crippen molar-refractivity contribution in [2.24, 2.45) is 5.41 Å². The van der Waals surface area contributed by atoms with Crippen molar-refractivity contribution in [3.05, 3.63) is 0 Å². The fourth-order valence-corrected chi connectivity index (χ4v) is 3.78. The molecule has 1 fully saturated rings. The first-order valence-corrected chi connectivity index (χ1v) is 8.75. The molecule has 0 aromatic heterocycles. The number of nitrogens with one attached hydrogen (secondary N) is 1. The molecule has 0 amide bonds. The third kappa shape index (κ3) is 5.81. The monoisotopic (exact) mass is 274 g/mol. The van der Waals surface area contributed by atoms with Gasteiger partial charge in [-0.05, 0) is 11.8 Å². The Hall–Kier alpha value is 0.0700. The van der Waals surface area contributed by atoms with Crippen LogP contribution < -0.4 is 5.32 Å². The zero-order chi connectivity index (χ0) is 13.6. The number of rotatable bonds is 7. The summed E-state index contributed by atoms with van der Waals surface area (Å²) in [7, 11) is -0.561. The van der Waals surface area contributed by atoms with Crippen molar-refractivity contribution in [1.29, 1.82) is 0 Å². The summed E-state index contributed by atoms with van der Waals surface area (Å²) in [6, 6.07) is 0.551. The second-order valence-electron chi connectivity index (χ2n) is 6.22. The van der Waals surface area contributed by atoms with Crippen LogP contribution in [0.15, 0.2) is 0 Å². The lowest BCUT2D eigenvalue weighted by Gasteiger charge is -2.37. The predicted molar refractivity (Wildman–Crippen MR) is 80.5 cm³/mol. The van der Waals surface area contributed by atoms with E-state index in [4.69, 9.17) is 0 Å². The van der Waals surface area contributed by atoms with Gasteiger partial charge in [0.2, 0.25) is 0 Å². The van der Waals surface area contributed by atoms with E-state index in [1.54, 1.807) is 0 Å². The molecule has 1 saturated heterocycles. The molecule has 1 unspecified atom stereocenters. The van der Waals surface area contributed by atoms with Gasteiger partial charge in [0.1, 0.15) is 0 Å². The molecule has 108 valence electrons. The SMILES string of the molecule is CCCC(C)(CNC(C)C)CN1CCS(=O)CC1. The molecule has 1 rings (SSSR count). The zero-order valence-electron chi connectivity index (χ0n) is 12.5. The van der Waals surface area contributed by atoms with Crippen LogP contribution in [-0.4, -0.2) is 52.8 Å². The molecule has 1 aliphatic rings. The highest BCUT2D eigenvalue weighted by atomic mass is 32.2. The third-order valence-corrected chi connectivity index (χ3v) is 4.94. The largest absolute Gasteiger partial charge is 0.314 e. The van der Waals surface area contributed by atoms with Gasteiger partial charge in [0, 0.05) is 54.5 Å². The number of hydrogen-bond donors (Lipinski definition) is 1. The Morgan fingerprint density at radius 3 is 2.44 bits per heavy atom. The lowest BCUT2D eigenvalue weighted by Crippen LogP contribution is -2.47. The van der Waals surface area contributed by atoms with Crippen LogP contribution in [0.3, 0.4) is 0 Å². The Bertz CT molecular complexity index is 261. The fourth-order valence-electron chi connectivity index (χ4n) is 2.65. The van der Waals surface area contributed by atoms with Crippen LogP contribution >= 0.6 is 0 Å². The van der Waals surface area contributed by atoms with Crippen LogP contribution in [0.25, 0.3) is 0 Å². The Morgan fingerprint density at radius 2 is 1.94 bits per heavy atom. The minimum Gasteiger partial charge on any atom is -0.314 e. The van der Waals surface area contributed by atoms with E-state index in [-0.39, 0.29) is 0 Å². The summed E-state index contributed by atoms with van der Waals surface area (Å²) in [5.74, 6) is 1.72. The molecule has 3 nitrogen and oxygen atoms in total. The summed E-state index contributed by atoms with van der Waals surface area (Å²) >= 11 is 0. The van der Waals surface area contributed by atoms with Gasteiger partial charge in [0.15, 0.2) is 0 Å². The molecule has 0 spiro atoms. The maximum absolute atomic E-state index is 11.4. The van der Waals surface area contributed by atoms with Gasteiger partial charge < -0.3 is 10.2 Å². The molecular weight excluding hydrogens is 244 g/mol. The highest BCUT2D eigenvalue weighted by molar-refractivity contribution is 7.85. The first-order chi connectivity index (χ1) is 8.45. The first-order valence-electron chi connectivity index (χ1n) is 7.26. The molecule has 1 atom stereocenters. The van der Waals surface area contributed by atoms with E-state index in [0.717, 1.165) is 37.7 Å². The Kier molecular flexibility index (Phi) is 6.82. The van der Waals surface area contributed by atoms with Crippen molar-refractivity contribution in [3.63, 3.8) is 0 Å². The lowest BCUT2D eigenvalue weighted by atomic mass is 9.84. The van der Waals surface area contributed by atoms with E-state index in [1.165, 1.54) is 12.8 Å². The smallest absolute Gasteiger partial charge is 0.0363 e. The van der Waals surface area contributed by atoms with E-state index in [2.05, 4.69) is 37.9 Å². The Labute approximate surface area is 115 Å². The van der Waals surface area contributed by atoms with Crippen LogP contribution in [0.5, 0.6) is 0 Å². The summed E-state index contributed by atoms with van der Waals surface area (Å²) in [5, 5.41) is 3.58. The normalized spacial score (nSPS) is 22.3. The van der Waals surface area contributed by atoms with Crippen molar-refractivity contribution >= 4 is 10.8 Å². The van der Waals surface area contributed by atoms with Crippen LogP contribution in [-0.2, 0) is 10.8 Å². The van der Waals surface area contributed by atoms with Gasteiger partial charge in [-0.25, -0.2) is 0 Å². The molecule has 0 aromatic carbocycles. The minimum absolute atomic E-state index is 0.345. The summed E-state index contributed by atoms with van der Waals surface area (Å²) in [6.45, 7) is 13.3. The molecule has 1 N–H and O–H groups in total. The van der Waals surface area contributed by atoms with Crippen molar-refractivity contribution in [3.8, 4) is 0 Å². The first kappa shape index (κ1) is 16.1. The molecule has 0 aliphatic carbocycles. The van der Waals surface area contributed by atoms with Crippen LogP contribution in [0.2, 0.25) is 0 Å². The zero-order valence-corrected chi connectivity index (χ0v) is 13.3. The van der Waals surface area contributed by atoms with Crippen LogP contribution in [0.4, 0.5) is 0 Å². The van der Waals surface area contributed by atoms with E-state index < -0.39 is 10.8 Å². The highest BCUT2D eigenvalue weighted by Gasteiger charge is 2.28. The van der Waals surface area contributed by atoms with Gasteiger partial charge in [0.25, 0.3) is 0 Å². The average Bonchev–Trinajstić information content (AvgIpc) is 2.30. The maximum atomic E-state index is 11.4. The molecular formula is C14H30N2OS. The molecule has 4 heteroatoms. The maximum Gasteiger partial charge on any atom is 0.0363 e. The summed E-state index contributed by atoms with van der Waals surface area (Å²) < 4.78 is 11.4. The molecule has 0 bridgehead atoms. The second kappa shape index (κ2) is 7.61. The second-order valence-corrected chi connectivity index (χ2v) is 7.92. The van der Waals surface area contributed by atoms with Gasteiger partial charge in [-0.2, -0.15) is 0 Å². The molecule has 0 saturated carbocycles. The van der Waals surface area contributed by atoms with E-state index in [9.17, 15) is 4.21 Å². The summed E-state index contributed by atoms with van der Waals surface area (Å²) in [4.78, 5) is 2.50. The summed E-state index contributed by atoms with van der Waals surface area (Å²) in [5.41, 5.74) is 0.345. The van der Waals surface area contributed by atoms with Crippen LogP contribution in [0, 0.1) is 5.41 Å². The predicted octanol–water partition coefficient (Wildman–Crippen LogP) is 1.86. The van der Waals surface area contributed by atoms with Crippen molar-refractivity contribution in [1.82, 2.24) is 10.2 Å². The van der Waals surface area contributed by atoms with Gasteiger partial charge in [-0.3, -0.25) is 4.21 Å². The average molecular weight is 274 g/mol. The molecule has 1 aliphatic heterocycles. The van der Waals surface area contributed by atoms with E-state index in [0.29, 0.717) is 11.5 Å². The van der Waals surface area contributed by atoms with E-state index in [1.807, 2.05) is 0 Å². The topological polar surface area (TPSA) is 32.3 Å². The minimum atomic E-state index is -0.561. The standard InChI is InChI=1S/C14H30N2OS/c1-5-6-14(4,11-15-13(2)3)12-16-7-9-18(17)10-8-16/h13,15H,5-12H2,1-4H3. The van der Waals surface area contributed by atoms with Gasteiger partial charge in [0.05, 0.1) is 0 Å². The Morgan fingerprint density at radius 1 is 1.33 bits per heavy atom. The molecule has 18 heavy (non-hydrogen) atoms. The number of hydrogen-bond acceptors (Lipinski definition) is 3. The summed E-state index contributed by atoms with van der Waals surface area (Å²) in [6.07, 6.45) is 2.49. The third-order valence-electron chi connectivity index (χ3n) is 3.67. The van der Waals surface area contributed by atoms with Crippen molar-refractivity contribution in [2.45, 2.75) is 46.6 Å². The Balaban J connectivity index is 2.47. The molecule has 0 aromatic rings. The van der Waals surface area contributed by atoms with Gasteiger partial charge in [-0.15, -0.1) is 0 Å². The lowest BCUT2D eigenvalue weighted by molar-refractivity contribution is 0.156. The molecule has 1 heterocycles. The van der Waals surface area contributed by atoms with Crippen LogP contribution in [0.1, 0.15) is 40.5 Å². The highest BCUT2D eigenvalue weighted by Crippen LogP contribution is 2.24.